The number of primary amides is 1. The predicted molar refractivity (Wildman–Crippen MR) is 46.9 cm³/mol. The molecule has 0 saturated carbocycles. The lowest BCUT2D eigenvalue weighted by Crippen LogP contribution is -2.15. The first kappa shape index (κ1) is 8.42. The number of amides is 1. The summed E-state index contributed by atoms with van der Waals surface area (Å²) in [7, 11) is 0. The van der Waals surface area contributed by atoms with Gasteiger partial charge in [-0.2, -0.15) is 4.98 Å². The number of aromatic nitrogens is 4. The molecule has 3 N–H and O–H groups in total. The fraction of sp³-hybridized carbons (Fsp3) is 0.143. The summed E-state index contributed by atoms with van der Waals surface area (Å²) in [6, 6.07) is 1.33. The minimum Gasteiger partial charge on any atom is -0.364 e. The molecule has 0 aliphatic heterocycles. The van der Waals surface area contributed by atoms with Crippen molar-refractivity contribution in [3.63, 3.8) is 0 Å². The predicted octanol–water partition coefficient (Wildman–Crippen LogP) is -1.18. The van der Waals surface area contributed by atoms with Gasteiger partial charge in [-0.1, -0.05) is 0 Å². The molecule has 72 valence electrons. The largest absolute Gasteiger partial charge is 0.364 e. The molecule has 7 heteroatoms. The van der Waals surface area contributed by atoms with Crippen molar-refractivity contribution in [2.75, 3.05) is 0 Å². The summed E-state index contributed by atoms with van der Waals surface area (Å²) < 4.78 is 1.42. The summed E-state index contributed by atoms with van der Waals surface area (Å²) in [5.41, 5.74) is 5.35. The molecule has 2 aromatic heterocycles. The number of fused-ring (bicyclic) bond motifs is 1. The van der Waals surface area contributed by atoms with Crippen molar-refractivity contribution in [3.05, 3.63) is 27.8 Å². The van der Waals surface area contributed by atoms with Crippen LogP contribution in [0.3, 0.4) is 0 Å². The fourth-order valence-electron chi connectivity index (χ4n) is 1.20. The Balaban J connectivity index is 2.92. The van der Waals surface area contributed by atoms with E-state index in [1.807, 2.05) is 0 Å². The third-order valence-electron chi connectivity index (χ3n) is 1.82. The van der Waals surface area contributed by atoms with Crippen molar-refractivity contribution in [1.29, 1.82) is 0 Å². The molecule has 1 amide bonds. The van der Waals surface area contributed by atoms with E-state index in [0.717, 1.165) is 0 Å². The second-order valence-electron chi connectivity index (χ2n) is 2.82. The average Bonchev–Trinajstić information content (AvgIpc) is 2.47. The molecule has 0 spiro atoms. The molecular weight excluding hydrogens is 186 g/mol. The number of H-pyrrole nitrogens is 1. The van der Waals surface area contributed by atoms with Crippen LogP contribution in [0.1, 0.15) is 16.2 Å². The minimum atomic E-state index is -0.721. The van der Waals surface area contributed by atoms with Crippen LogP contribution in [0.15, 0.2) is 10.9 Å². The second kappa shape index (κ2) is 2.66. The van der Waals surface area contributed by atoms with Gasteiger partial charge < -0.3 is 5.73 Å². The van der Waals surface area contributed by atoms with Crippen molar-refractivity contribution < 1.29 is 4.79 Å². The monoisotopic (exact) mass is 193 g/mol. The summed E-state index contributed by atoms with van der Waals surface area (Å²) in [5, 5.41) is 6.19. The molecule has 14 heavy (non-hydrogen) atoms. The number of aryl methyl sites for hydroxylation is 1. The van der Waals surface area contributed by atoms with Crippen LogP contribution in [0.4, 0.5) is 0 Å². The van der Waals surface area contributed by atoms with Crippen molar-refractivity contribution in [1.82, 2.24) is 19.8 Å². The van der Waals surface area contributed by atoms with Crippen molar-refractivity contribution >= 4 is 11.6 Å². The number of rotatable bonds is 1. The SMILES string of the molecule is Cc1cc(=O)nc2c(C(N)=O)n[nH]n12. The number of nitrogens with one attached hydrogen (secondary N) is 1. The van der Waals surface area contributed by atoms with E-state index in [4.69, 9.17) is 5.73 Å². The van der Waals surface area contributed by atoms with Gasteiger partial charge in [0, 0.05) is 11.8 Å². The molecule has 2 heterocycles. The van der Waals surface area contributed by atoms with Crippen LogP contribution in [-0.2, 0) is 0 Å². The van der Waals surface area contributed by atoms with Gasteiger partial charge in [0.25, 0.3) is 11.5 Å². The van der Waals surface area contributed by atoms with Gasteiger partial charge in [-0.3, -0.25) is 9.59 Å². The summed E-state index contributed by atoms with van der Waals surface area (Å²) in [4.78, 5) is 25.6. The van der Waals surface area contributed by atoms with Crippen LogP contribution in [0.5, 0.6) is 0 Å². The normalized spacial score (nSPS) is 10.6. The highest BCUT2D eigenvalue weighted by Gasteiger charge is 2.13. The fourth-order valence-corrected chi connectivity index (χ4v) is 1.20. The van der Waals surface area contributed by atoms with Crippen LogP contribution >= 0.6 is 0 Å². The zero-order chi connectivity index (χ0) is 10.3. The first-order valence-corrected chi connectivity index (χ1v) is 3.84. The van der Waals surface area contributed by atoms with Gasteiger partial charge in [-0.25, -0.2) is 9.73 Å². The molecule has 0 aromatic carbocycles. The summed E-state index contributed by atoms with van der Waals surface area (Å²) >= 11 is 0. The van der Waals surface area contributed by atoms with Gasteiger partial charge in [-0.05, 0) is 6.92 Å². The molecular formula is C7H7N5O2. The van der Waals surface area contributed by atoms with E-state index in [2.05, 4.69) is 15.3 Å². The Morgan fingerprint density at radius 1 is 1.64 bits per heavy atom. The van der Waals surface area contributed by atoms with E-state index in [-0.39, 0.29) is 11.3 Å². The van der Waals surface area contributed by atoms with E-state index in [1.165, 1.54) is 10.6 Å². The second-order valence-corrected chi connectivity index (χ2v) is 2.82. The topological polar surface area (TPSA) is 106 Å². The molecule has 0 aliphatic rings. The minimum absolute atomic E-state index is 0.0363. The molecule has 0 fully saturated rings. The van der Waals surface area contributed by atoms with Gasteiger partial charge in [0.1, 0.15) is 0 Å². The lowest BCUT2D eigenvalue weighted by atomic mass is 10.4. The Kier molecular flexibility index (Phi) is 1.60. The number of nitrogens with zero attached hydrogens (tertiary/aromatic N) is 3. The number of carbonyl (C=O) groups excluding carboxylic acids is 1. The van der Waals surface area contributed by atoms with E-state index in [1.54, 1.807) is 6.92 Å². The number of hydrogen-bond acceptors (Lipinski definition) is 4. The Morgan fingerprint density at radius 3 is 3.00 bits per heavy atom. The average molecular weight is 193 g/mol. The third-order valence-corrected chi connectivity index (χ3v) is 1.82. The molecule has 7 nitrogen and oxygen atoms in total. The quantitative estimate of drug-likeness (QED) is 0.594. The van der Waals surface area contributed by atoms with E-state index in [0.29, 0.717) is 5.69 Å². The van der Waals surface area contributed by atoms with E-state index >= 15 is 0 Å². The standard InChI is InChI=1S/C7H7N5O2/c1-3-2-4(13)9-7-5(6(8)14)10-11-12(3)7/h2,11H,1H3,(H2,8,14). The molecule has 0 radical (unpaired) electrons. The maximum Gasteiger partial charge on any atom is 0.273 e. The van der Waals surface area contributed by atoms with Gasteiger partial charge in [0.05, 0.1) is 0 Å². The van der Waals surface area contributed by atoms with Gasteiger partial charge in [-0.15, -0.1) is 5.10 Å². The lowest BCUT2D eigenvalue weighted by Gasteiger charge is -1.95. The van der Waals surface area contributed by atoms with Crippen LogP contribution in [0, 0.1) is 6.92 Å². The Morgan fingerprint density at radius 2 is 2.36 bits per heavy atom. The van der Waals surface area contributed by atoms with Crippen LogP contribution in [-0.4, -0.2) is 25.7 Å². The number of nitrogens with two attached hydrogens (primary N) is 1. The van der Waals surface area contributed by atoms with Crippen LogP contribution < -0.4 is 11.3 Å². The van der Waals surface area contributed by atoms with Crippen LogP contribution in [0.25, 0.3) is 5.65 Å². The number of aromatic amines is 1. The van der Waals surface area contributed by atoms with Crippen molar-refractivity contribution in [2.45, 2.75) is 6.92 Å². The lowest BCUT2D eigenvalue weighted by molar-refractivity contribution is 0.0997. The summed E-state index contributed by atoms with van der Waals surface area (Å²) in [6.45, 7) is 1.69. The van der Waals surface area contributed by atoms with E-state index < -0.39 is 11.5 Å². The Hall–Kier alpha value is -2.18. The van der Waals surface area contributed by atoms with Gasteiger partial charge in [0.15, 0.2) is 11.3 Å². The maximum atomic E-state index is 11.1. The molecule has 0 saturated heterocycles. The maximum absolute atomic E-state index is 11.1. The first-order chi connectivity index (χ1) is 6.59. The Labute approximate surface area is 77.5 Å². The van der Waals surface area contributed by atoms with Crippen molar-refractivity contribution in [3.8, 4) is 0 Å². The molecule has 2 aromatic rings. The smallest absolute Gasteiger partial charge is 0.273 e. The number of hydrogen-bond donors (Lipinski definition) is 2. The highest BCUT2D eigenvalue weighted by molar-refractivity contribution is 5.96. The zero-order valence-corrected chi connectivity index (χ0v) is 7.31. The Bertz CT molecular complexity index is 567. The first-order valence-electron chi connectivity index (χ1n) is 3.84. The molecule has 0 unspecified atom stereocenters. The molecule has 0 atom stereocenters. The highest BCUT2D eigenvalue weighted by Crippen LogP contribution is 2.03. The van der Waals surface area contributed by atoms with E-state index in [9.17, 15) is 9.59 Å². The summed E-state index contributed by atoms with van der Waals surface area (Å²) in [6.07, 6.45) is 0. The highest BCUT2D eigenvalue weighted by atomic mass is 16.1. The van der Waals surface area contributed by atoms with Crippen molar-refractivity contribution in [2.24, 2.45) is 5.73 Å². The molecule has 0 bridgehead atoms. The van der Waals surface area contributed by atoms with Crippen LogP contribution in [0.2, 0.25) is 0 Å². The number of carbonyl (C=O) groups is 1. The summed E-state index contributed by atoms with van der Waals surface area (Å²) in [5.74, 6) is -0.721. The zero-order valence-electron chi connectivity index (χ0n) is 7.31. The van der Waals surface area contributed by atoms with Gasteiger partial charge >= 0.3 is 0 Å². The van der Waals surface area contributed by atoms with Gasteiger partial charge in [0.2, 0.25) is 0 Å². The molecule has 2 rings (SSSR count). The molecule has 0 aliphatic carbocycles. The third kappa shape index (κ3) is 1.06.